The van der Waals surface area contributed by atoms with E-state index in [4.69, 9.17) is 14.7 Å². The predicted molar refractivity (Wildman–Crippen MR) is 50.4 cm³/mol. The van der Waals surface area contributed by atoms with Crippen LogP contribution in [0.3, 0.4) is 0 Å². The van der Waals surface area contributed by atoms with Crippen LogP contribution < -0.4 is 0 Å². The maximum atomic E-state index is 8.65. The molecule has 3 heteroatoms. The molecule has 0 bridgehead atoms. The van der Waals surface area contributed by atoms with Crippen LogP contribution in [0, 0.1) is 11.3 Å². The van der Waals surface area contributed by atoms with E-state index < -0.39 is 5.79 Å². The van der Waals surface area contributed by atoms with Crippen molar-refractivity contribution in [3.8, 4) is 6.07 Å². The average Bonchev–Trinajstić information content (AvgIpc) is 2.67. The SMILES string of the molecule is CC1(c2ccc(C#N)cc2)OCCO1. The van der Waals surface area contributed by atoms with Crippen LogP contribution in [0.15, 0.2) is 24.3 Å². The quantitative estimate of drug-likeness (QED) is 0.676. The molecule has 72 valence electrons. The van der Waals surface area contributed by atoms with Gasteiger partial charge in [0, 0.05) is 5.56 Å². The van der Waals surface area contributed by atoms with E-state index in [1.54, 1.807) is 12.1 Å². The Kier molecular flexibility index (Phi) is 2.24. The number of nitrogens with zero attached hydrogens (tertiary/aromatic N) is 1. The standard InChI is InChI=1S/C11H11NO2/c1-11(13-6-7-14-11)10-4-2-9(8-12)3-5-10/h2-5H,6-7H2,1H3. The fourth-order valence-corrected chi connectivity index (χ4v) is 1.53. The summed E-state index contributed by atoms with van der Waals surface area (Å²) in [5.74, 6) is -0.631. The van der Waals surface area contributed by atoms with Crippen molar-refractivity contribution < 1.29 is 9.47 Å². The van der Waals surface area contributed by atoms with E-state index in [1.165, 1.54) is 0 Å². The number of hydrogen-bond acceptors (Lipinski definition) is 3. The third kappa shape index (κ3) is 1.50. The molecule has 1 aromatic carbocycles. The molecule has 0 N–H and O–H groups in total. The van der Waals surface area contributed by atoms with E-state index in [9.17, 15) is 0 Å². The summed E-state index contributed by atoms with van der Waals surface area (Å²) in [7, 11) is 0. The first-order valence-electron chi connectivity index (χ1n) is 4.53. The summed E-state index contributed by atoms with van der Waals surface area (Å²) in [4.78, 5) is 0. The Labute approximate surface area is 82.9 Å². The number of benzene rings is 1. The van der Waals surface area contributed by atoms with Gasteiger partial charge in [-0.1, -0.05) is 12.1 Å². The van der Waals surface area contributed by atoms with Gasteiger partial charge in [0.1, 0.15) is 0 Å². The van der Waals surface area contributed by atoms with Gasteiger partial charge in [0.25, 0.3) is 0 Å². The lowest BCUT2D eigenvalue weighted by atomic mass is 10.1. The second-order valence-electron chi connectivity index (χ2n) is 3.33. The topological polar surface area (TPSA) is 42.2 Å². The minimum atomic E-state index is -0.631. The number of hydrogen-bond donors (Lipinski definition) is 0. The Morgan fingerprint density at radius 2 is 1.79 bits per heavy atom. The molecule has 1 saturated heterocycles. The molecule has 0 spiro atoms. The average molecular weight is 189 g/mol. The van der Waals surface area contributed by atoms with Crippen LogP contribution in [0.25, 0.3) is 0 Å². The summed E-state index contributed by atoms with van der Waals surface area (Å²) in [5.41, 5.74) is 1.60. The first-order valence-corrected chi connectivity index (χ1v) is 4.53. The van der Waals surface area contributed by atoms with Gasteiger partial charge in [0.15, 0.2) is 5.79 Å². The Hall–Kier alpha value is -1.37. The molecular formula is C11H11NO2. The third-order valence-electron chi connectivity index (χ3n) is 2.38. The molecule has 3 nitrogen and oxygen atoms in total. The van der Waals surface area contributed by atoms with Crippen molar-refractivity contribution in [1.82, 2.24) is 0 Å². The maximum absolute atomic E-state index is 8.65. The highest BCUT2D eigenvalue weighted by Crippen LogP contribution is 2.30. The van der Waals surface area contributed by atoms with Gasteiger partial charge in [-0.25, -0.2) is 0 Å². The van der Waals surface area contributed by atoms with Gasteiger partial charge in [0.2, 0.25) is 0 Å². The van der Waals surface area contributed by atoms with Crippen molar-refractivity contribution in [2.75, 3.05) is 13.2 Å². The molecule has 1 heterocycles. The smallest absolute Gasteiger partial charge is 0.192 e. The van der Waals surface area contributed by atoms with Crippen molar-refractivity contribution in [2.24, 2.45) is 0 Å². The highest BCUT2D eigenvalue weighted by atomic mass is 16.7. The van der Waals surface area contributed by atoms with Crippen LogP contribution in [0.2, 0.25) is 0 Å². The molecule has 1 aliphatic rings. The number of rotatable bonds is 1. The van der Waals surface area contributed by atoms with Gasteiger partial charge in [-0.2, -0.15) is 5.26 Å². The molecule has 14 heavy (non-hydrogen) atoms. The fraction of sp³-hybridized carbons (Fsp3) is 0.364. The lowest BCUT2D eigenvalue weighted by Crippen LogP contribution is -2.22. The second kappa shape index (κ2) is 3.41. The zero-order chi connectivity index (χ0) is 10.0. The summed E-state index contributed by atoms with van der Waals surface area (Å²) in [5, 5.41) is 8.65. The van der Waals surface area contributed by atoms with Crippen molar-refractivity contribution in [3.05, 3.63) is 35.4 Å². The molecule has 0 unspecified atom stereocenters. The molecule has 0 atom stereocenters. The van der Waals surface area contributed by atoms with Gasteiger partial charge in [-0.05, 0) is 19.1 Å². The monoisotopic (exact) mass is 189 g/mol. The van der Waals surface area contributed by atoms with Crippen molar-refractivity contribution >= 4 is 0 Å². The molecule has 0 radical (unpaired) electrons. The molecule has 1 aliphatic heterocycles. The van der Waals surface area contributed by atoms with Crippen molar-refractivity contribution in [2.45, 2.75) is 12.7 Å². The minimum Gasteiger partial charge on any atom is -0.344 e. The molecule has 0 amide bonds. The van der Waals surface area contributed by atoms with E-state index in [0.29, 0.717) is 18.8 Å². The highest BCUT2D eigenvalue weighted by Gasteiger charge is 2.32. The summed E-state index contributed by atoms with van der Waals surface area (Å²) in [6, 6.07) is 9.34. The first-order chi connectivity index (χ1) is 6.74. The summed E-state index contributed by atoms with van der Waals surface area (Å²) in [6.07, 6.45) is 0. The lowest BCUT2D eigenvalue weighted by molar-refractivity contribution is -0.149. The van der Waals surface area contributed by atoms with E-state index in [1.807, 2.05) is 19.1 Å². The van der Waals surface area contributed by atoms with Crippen molar-refractivity contribution in [3.63, 3.8) is 0 Å². The highest BCUT2D eigenvalue weighted by molar-refractivity contribution is 5.33. The zero-order valence-corrected chi connectivity index (χ0v) is 7.99. The van der Waals surface area contributed by atoms with E-state index in [-0.39, 0.29) is 0 Å². The Bertz CT molecular complexity index is 358. The molecule has 2 rings (SSSR count). The lowest BCUT2D eigenvalue weighted by Gasteiger charge is -2.22. The third-order valence-corrected chi connectivity index (χ3v) is 2.38. The van der Waals surface area contributed by atoms with Gasteiger partial charge in [-0.3, -0.25) is 0 Å². The predicted octanol–water partition coefficient (Wildman–Crippen LogP) is 1.78. The molecular weight excluding hydrogens is 178 g/mol. The zero-order valence-electron chi connectivity index (χ0n) is 7.99. The molecule has 0 saturated carbocycles. The van der Waals surface area contributed by atoms with Crippen LogP contribution in [-0.2, 0) is 15.3 Å². The molecule has 1 fully saturated rings. The summed E-state index contributed by atoms with van der Waals surface area (Å²) in [6.45, 7) is 3.13. The summed E-state index contributed by atoms with van der Waals surface area (Å²) < 4.78 is 11.0. The molecule has 0 aliphatic carbocycles. The van der Waals surface area contributed by atoms with Crippen LogP contribution in [-0.4, -0.2) is 13.2 Å². The fourth-order valence-electron chi connectivity index (χ4n) is 1.53. The Morgan fingerprint density at radius 1 is 1.21 bits per heavy atom. The van der Waals surface area contributed by atoms with Crippen LogP contribution >= 0.6 is 0 Å². The number of ether oxygens (including phenoxy) is 2. The van der Waals surface area contributed by atoms with Gasteiger partial charge < -0.3 is 9.47 Å². The van der Waals surface area contributed by atoms with Crippen LogP contribution in [0.4, 0.5) is 0 Å². The van der Waals surface area contributed by atoms with Crippen LogP contribution in [0.1, 0.15) is 18.1 Å². The van der Waals surface area contributed by atoms with Crippen LogP contribution in [0.5, 0.6) is 0 Å². The first kappa shape index (κ1) is 9.20. The van der Waals surface area contributed by atoms with E-state index >= 15 is 0 Å². The van der Waals surface area contributed by atoms with Crippen molar-refractivity contribution in [1.29, 1.82) is 5.26 Å². The van der Waals surface area contributed by atoms with Gasteiger partial charge in [0.05, 0.1) is 24.8 Å². The summed E-state index contributed by atoms with van der Waals surface area (Å²) >= 11 is 0. The largest absolute Gasteiger partial charge is 0.344 e. The van der Waals surface area contributed by atoms with Gasteiger partial charge >= 0.3 is 0 Å². The minimum absolute atomic E-state index is 0.622. The Morgan fingerprint density at radius 3 is 2.29 bits per heavy atom. The molecule has 0 aromatic heterocycles. The number of nitriles is 1. The van der Waals surface area contributed by atoms with E-state index in [2.05, 4.69) is 6.07 Å². The Balaban J connectivity index is 2.29. The maximum Gasteiger partial charge on any atom is 0.192 e. The normalized spacial score (nSPS) is 19.1. The molecule has 1 aromatic rings. The van der Waals surface area contributed by atoms with E-state index in [0.717, 1.165) is 5.56 Å². The van der Waals surface area contributed by atoms with Gasteiger partial charge in [-0.15, -0.1) is 0 Å². The second-order valence-corrected chi connectivity index (χ2v) is 3.33.